The van der Waals surface area contributed by atoms with Crippen molar-refractivity contribution in [3.63, 3.8) is 0 Å². The molecule has 1 aromatic carbocycles. The van der Waals surface area contributed by atoms with Gasteiger partial charge in [-0.1, -0.05) is 25.1 Å². The highest BCUT2D eigenvalue weighted by Crippen LogP contribution is 2.40. The maximum Gasteiger partial charge on any atom is 0.257 e. The quantitative estimate of drug-likeness (QED) is 0.836. The van der Waals surface area contributed by atoms with E-state index in [0.717, 1.165) is 24.8 Å². The van der Waals surface area contributed by atoms with Crippen LogP contribution in [0.15, 0.2) is 30.3 Å². The lowest BCUT2D eigenvalue weighted by Crippen LogP contribution is -2.32. The number of carbonyl (C=O) groups is 2. The normalized spacial score (nSPS) is 16.0. The minimum absolute atomic E-state index is 0.0328. The van der Waals surface area contributed by atoms with Crippen LogP contribution in [0.4, 0.5) is 5.00 Å². The zero-order chi connectivity index (χ0) is 18.7. The van der Waals surface area contributed by atoms with Crippen molar-refractivity contribution in [2.45, 2.75) is 40.0 Å². The Hall–Kier alpha value is -2.14. The summed E-state index contributed by atoms with van der Waals surface area (Å²) in [5.74, 6) is 0.492. The Kier molecular flexibility index (Phi) is 5.77. The molecule has 1 heterocycles. The van der Waals surface area contributed by atoms with Gasteiger partial charge in [0.1, 0.15) is 5.00 Å². The Labute approximate surface area is 159 Å². The van der Waals surface area contributed by atoms with Gasteiger partial charge in [0.25, 0.3) is 11.8 Å². The molecule has 138 valence electrons. The third-order valence-corrected chi connectivity index (χ3v) is 6.21. The Morgan fingerprint density at radius 3 is 2.54 bits per heavy atom. The van der Waals surface area contributed by atoms with Gasteiger partial charge in [0.15, 0.2) is 0 Å². The van der Waals surface area contributed by atoms with Gasteiger partial charge in [-0.05, 0) is 56.7 Å². The minimum Gasteiger partial charge on any atom is -0.339 e. The van der Waals surface area contributed by atoms with Crippen LogP contribution in [0.5, 0.6) is 0 Å². The van der Waals surface area contributed by atoms with E-state index < -0.39 is 0 Å². The SMILES string of the molecule is CCN(CC)C(=O)c1c(NC(=O)c2ccccc2)sc2c1CC[C@@H](C)C2. The van der Waals surface area contributed by atoms with Crippen LogP contribution in [0, 0.1) is 5.92 Å². The third-order valence-electron chi connectivity index (χ3n) is 5.04. The standard InChI is InChI=1S/C21H26N2O2S/c1-4-23(5-2)21(25)18-16-12-11-14(3)13-17(16)26-20(18)22-19(24)15-9-7-6-8-10-15/h6-10,14H,4-5,11-13H2,1-3H3,(H,22,24)/t14-/m1/s1. The summed E-state index contributed by atoms with van der Waals surface area (Å²) in [5.41, 5.74) is 2.46. The van der Waals surface area contributed by atoms with Crippen molar-refractivity contribution in [3.05, 3.63) is 51.9 Å². The molecule has 5 heteroatoms. The lowest BCUT2D eigenvalue weighted by molar-refractivity contribution is 0.0773. The van der Waals surface area contributed by atoms with Gasteiger partial charge < -0.3 is 10.2 Å². The molecule has 0 bridgehead atoms. The molecular formula is C21H26N2O2S. The first-order valence-corrected chi connectivity index (χ1v) is 10.2. The van der Waals surface area contributed by atoms with Crippen molar-refractivity contribution < 1.29 is 9.59 Å². The number of anilines is 1. The molecule has 0 fully saturated rings. The smallest absolute Gasteiger partial charge is 0.257 e. The van der Waals surface area contributed by atoms with Crippen LogP contribution in [0.25, 0.3) is 0 Å². The van der Waals surface area contributed by atoms with Crippen molar-refractivity contribution >= 4 is 28.2 Å². The number of hydrogen-bond donors (Lipinski definition) is 1. The van der Waals surface area contributed by atoms with E-state index >= 15 is 0 Å². The molecule has 1 aromatic heterocycles. The van der Waals surface area contributed by atoms with Crippen molar-refractivity contribution in [1.29, 1.82) is 0 Å². The number of hydrogen-bond acceptors (Lipinski definition) is 3. The summed E-state index contributed by atoms with van der Waals surface area (Å²) in [4.78, 5) is 28.9. The average Bonchev–Trinajstić information content (AvgIpc) is 3.00. The summed E-state index contributed by atoms with van der Waals surface area (Å²) in [7, 11) is 0. The van der Waals surface area contributed by atoms with E-state index in [-0.39, 0.29) is 11.8 Å². The molecule has 2 aromatic rings. The van der Waals surface area contributed by atoms with Crippen molar-refractivity contribution in [2.24, 2.45) is 5.92 Å². The molecule has 0 radical (unpaired) electrons. The molecule has 1 aliphatic carbocycles. The Balaban J connectivity index is 1.98. The van der Waals surface area contributed by atoms with Gasteiger partial charge in [-0.15, -0.1) is 11.3 Å². The van der Waals surface area contributed by atoms with Crippen LogP contribution < -0.4 is 5.32 Å². The summed E-state index contributed by atoms with van der Waals surface area (Å²) in [6, 6.07) is 9.15. The number of nitrogens with one attached hydrogen (secondary N) is 1. The molecule has 0 aliphatic heterocycles. The lowest BCUT2D eigenvalue weighted by Gasteiger charge is -2.22. The Bertz CT molecular complexity index is 794. The molecule has 1 N–H and O–H groups in total. The maximum atomic E-state index is 13.1. The molecule has 1 atom stereocenters. The fraction of sp³-hybridized carbons (Fsp3) is 0.429. The van der Waals surface area contributed by atoms with Gasteiger partial charge in [-0.25, -0.2) is 0 Å². The fourth-order valence-electron chi connectivity index (χ4n) is 3.50. The van der Waals surface area contributed by atoms with Gasteiger partial charge in [0.05, 0.1) is 5.56 Å². The van der Waals surface area contributed by atoms with Gasteiger partial charge in [0, 0.05) is 23.5 Å². The number of carbonyl (C=O) groups excluding carboxylic acids is 2. The molecule has 0 saturated heterocycles. The molecule has 0 saturated carbocycles. The van der Waals surface area contributed by atoms with Gasteiger partial charge in [-0.3, -0.25) is 9.59 Å². The van der Waals surface area contributed by atoms with E-state index in [4.69, 9.17) is 0 Å². The van der Waals surface area contributed by atoms with E-state index in [1.54, 1.807) is 23.5 Å². The van der Waals surface area contributed by atoms with Crippen LogP contribution in [-0.4, -0.2) is 29.8 Å². The number of fused-ring (bicyclic) bond motifs is 1. The summed E-state index contributed by atoms with van der Waals surface area (Å²) < 4.78 is 0. The predicted molar refractivity (Wildman–Crippen MR) is 107 cm³/mol. The Morgan fingerprint density at radius 1 is 1.19 bits per heavy atom. The molecule has 3 rings (SSSR count). The van der Waals surface area contributed by atoms with Crippen molar-refractivity contribution in [2.75, 3.05) is 18.4 Å². The first-order valence-electron chi connectivity index (χ1n) is 9.35. The Morgan fingerprint density at radius 2 is 1.88 bits per heavy atom. The first-order chi connectivity index (χ1) is 12.5. The summed E-state index contributed by atoms with van der Waals surface area (Å²) in [6.45, 7) is 7.57. The number of thiophene rings is 1. The van der Waals surface area contributed by atoms with E-state index in [1.807, 2.05) is 36.9 Å². The molecule has 26 heavy (non-hydrogen) atoms. The predicted octanol–water partition coefficient (Wildman–Crippen LogP) is 4.61. The highest BCUT2D eigenvalue weighted by Gasteiger charge is 2.30. The summed E-state index contributed by atoms with van der Waals surface area (Å²) >= 11 is 1.58. The fourth-order valence-corrected chi connectivity index (χ4v) is 4.90. The molecule has 2 amide bonds. The molecule has 0 unspecified atom stereocenters. The van der Waals surface area contributed by atoms with E-state index in [1.165, 1.54) is 4.88 Å². The minimum atomic E-state index is -0.161. The van der Waals surface area contributed by atoms with E-state index in [9.17, 15) is 9.59 Å². The van der Waals surface area contributed by atoms with Crippen LogP contribution in [0.1, 0.15) is 58.3 Å². The molecule has 1 aliphatic rings. The van der Waals surface area contributed by atoms with Crippen LogP contribution in [-0.2, 0) is 12.8 Å². The van der Waals surface area contributed by atoms with Gasteiger partial charge in [0.2, 0.25) is 0 Å². The maximum absolute atomic E-state index is 13.1. The second kappa shape index (κ2) is 8.04. The van der Waals surface area contributed by atoms with Crippen LogP contribution in [0.2, 0.25) is 0 Å². The van der Waals surface area contributed by atoms with E-state index in [0.29, 0.717) is 35.1 Å². The van der Waals surface area contributed by atoms with Gasteiger partial charge in [-0.2, -0.15) is 0 Å². The number of benzene rings is 1. The van der Waals surface area contributed by atoms with Crippen molar-refractivity contribution in [3.8, 4) is 0 Å². The zero-order valence-electron chi connectivity index (χ0n) is 15.7. The third kappa shape index (κ3) is 3.68. The average molecular weight is 371 g/mol. The largest absolute Gasteiger partial charge is 0.339 e. The lowest BCUT2D eigenvalue weighted by atomic mass is 9.88. The highest BCUT2D eigenvalue weighted by molar-refractivity contribution is 7.17. The first kappa shape index (κ1) is 18.6. The van der Waals surface area contributed by atoms with Crippen molar-refractivity contribution in [1.82, 2.24) is 4.90 Å². The highest BCUT2D eigenvalue weighted by atomic mass is 32.1. The summed E-state index contributed by atoms with van der Waals surface area (Å²) in [6.07, 6.45) is 2.99. The summed E-state index contributed by atoms with van der Waals surface area (Å²) in [5, 5.41) is 3.72. The van der Waals surface area contributed by atoms with Gasteiger partial charge >= 0.3 is 0 Å². The number of rotatable bonds is 5. The number of amides is 2. The topological polar surface area (TPSA) is 49.4 Å². The molecule has 0 spiro atoms. The monoisotopic (exact) mass is 370 g/mol. The molecule has 4 nitrogen and oxygen atoms in total. The second-order valence-electron chi connectivity index (χ2n) is 6.85. The van der Waals surface area contributed by atoms with E-state index in [2.05, 4.69) is 12.2 Å². The number of nitrogens with zero attached hydrogens (tertiary/aromatic N) is 1. The molecular weight excluding hydrogens is 344 g/mol. The second-order valence-corrected chi connectivity index (χ2v) is 7.96. The van der Waals surface area contributed by atoms with Crippen LogP contribution in [0.3, 0.4) is 0 Å². The zero-order valence-corrected chi connectivity index (χ0v) is 16.5. The van der Waals surface area contributed by atoms with Crippen LogP contribution >= 0.6 is 11.3 Å².